The van der Waals surface area contributed by atoms with Gasteiger partial charge in [-0.15, -0.1) is 0 Å². The summed E-state index contributed by atoms with van der Waals surface area (Å²) in [5.41, 5.74) is 0. The number of carbonyl (C=O) groups excluding carboxylic acids is 1. The third-order valence-corrected chi connectivity index (χ3v) is 4.88. The van der Waals surface area contributed by atoms with Crippen LogP contribution in [0, 0.1) is 0 Å². The molecule has 3 rings (SSSR count). The molecular formula is C18H21NO9S. The summed E-state index contributed by atoms with van der Waals surface area (Å²) in [5.74, 6) is -0.106. The van der Waals surface area contributed by atoms with E-state index in [4.69, 9.17) is 14.0 Å². The van der Waals surface area contributed by atoms with Crippen molar-refractivity contribution in [3.8, 4) is 5.75 Å². The SMILES string of the molecule is CC(=O)N[C@H]1[C@H](Oc2cccc3ccccc23)O[C@H](COS(=O)(=O)O)[C@@H](O)[C@@H]1O. The van der Waals surface area contributed by atoms with Gasteiger partial charge in [0.05, 0.1) is 6.61 Å². The van der Waals surface area contributed by atoms with Gasteiger partial charge in [-0.25, -0.2) is 4.18 Å². The summed E-state index contributed by atoms with van der Waals surface area (Å²) in [6, 6.07) is 11.5. The van der Waals surface area contributed by atoms with Crippen LogP contribution in [0.5, 0.6) is 5.75 Å². The summed E-state index contributed by atoms with van der Waals surface area (Å²) in [4.78, 5) is 11.6. The fourth-order valence-corrected chi connectivity index (χ4v) is 3.44. The van der Waals surface area contributed by atoms with Crippen LogP contribution in [0.1, 0.15) is 6.92 Å². The van der Waals surface area contributed by atoms with Crippen molar-refractivity contribution in [1.82, 2.24) is 5.32 Å². The molecule has 29 heavy (non-hydrogen) atoms. The minimum atomic E-state index is -4.79. The number of ether oxygens (including phenoxy) is 2. The van der Waals surface area contributed by atoms with E-state index in [1.165, 1.54) is 6.92 Å². The highest BCUT2D eigenvalue weighted by Gasteiger charge is 2.46. The average Bonchev–Trinajstić information content (AvgIpc) is 2.66. The Hall–Kier alpha value is -2.28. The molecule has 2 aromatic rings. The zero-order valence-electron chi connectivity index (χ0n) is 15.3. The van der Waals surface area contributed by atoms with Gasteiger partial charge in [0, 0.05) is 12.3 Å². The summed E-state index contributed by atoms with van der Waals surface area (Å²) in [6.45, 7) is 0.459. The molecule has 0 aromatic heterocycles. The lowest BCUT2D eigenvalue weighted by Crippen LogP contribution is -2.65. The summed E-state index contributed by atoms with van der Waals surface area (Å²) >= 11 is 0. The lowest BCUT2D eigenvalue weighted by molar-refractivity contribution is -0.242. The van der Waals surface area contributed by atoms with Gasteiger partial charge in [0.25, 0.3) is 0 Å². The summed E-state index contributed by atoms with van der Waals surface area (Å²) in [7, 11) is -4.79. The predicted octanol–water partition coefficient (Wildman–Crippen LogP) is -0.0106. The molecule has 1 saturated heterocycles. The van der Waals surface area contributed by atoms with Crippen LogP contribution in [0.2, 0.25) is 0 Å². The Bertz CT molecular complexity index is 975. The van der Waals surface area contributed by atoms with Gasteiger partial charge >= 0.3 is 10.4 Å². The molecule has 0 saturated carbocycles. The Balaban J connectivity index is 1.89. The molecule has 1 aliphatic rings. The van der Waals surface area contributed by atoms with Crippen molar-refractivity contribution in [3.63, 3.8) is 0 Å². The van der Waals surface area contributed by atoms with E-state index in [0.29, 0.717) is 5.75 Å². The maximum absolute atomic E-state index is 11.6. The van der Waals surface area contributed by atoms with Crippen molar-refractivity contribution in [2.75, 3.05) is 6.61 Å². The Morgan fingerprint density at radius 2 is 1.83 bits per heavy atom. The molecule has 5 atom stereocenters. The zero-order chi connectivity index (χ0) is 21.2. The van der Waals surface area contributed by atoms with Gasteiger partial charge in [0.2, 0.25) is 12.2 Å². The van der Waals surface area contributed by atoms with Crippen LogP contribution in [-0.4, -0.2) is 66.3 Å². The maximum atomic E-state index is 11.6. The van der Waals surface area contributed by atoms with E-state index < -0.39 is 53.6 Å². The molecule has 0 aliphatic carbocycles. The van der Waals surface area contributed by atoms with Crippen LogP contribution in [0.3, 0.4) is 0 Å². The van der Waals surface area contributed by atoms with Crippen LogP contribution in [-0.2, 0) is 24.1 Å². The molecule has 1 heterocycles. The number of rotatable bonds is 6. The third kappa shape index (κ3) is 5.21. The number of aliphatic hydroxyl groups is 2. The molecule has 4 N–H and O–H groups in total. The molecule has 1 fully saturated rings. The highest BCUT2D eigenvalue weighted by atomic mass is 32.3. The minimum Gasteiger partial charge on any atom is -0.462 e. The predicted molar refractivity (Wildman–Crippen MR) is 100 cm³/mol. The molecule has 11 heteroatoms. The van der Waals surface area contributed by atoms with Gasteiger partial charge in [-0.2, -0.15) is 8.42 Å². The first-order valence-corrected chi connectivity index (χ1v) is 10.1. The van der Waals surface area contributed by atoms with Gasteiger partial charge < -0.3 is 25.0 Å². The molecule has 0 bridgehead atoms. The first-order chi connectivity index (χ1) is 13.7. The number of benzene rings is 2. The topological polar surface area (TPSA) is 152 Å². The summed E-state index contributed by atoms with van der Waals surface area (Å²) < 4.78 is 46.2. The van der Waals surface area contributed by atoms with Crippen molar-refractivity contribution >= 4 is 27.1 Å². The Labute approximate surface area is 167 Å². The Kier molecular flexibility index (Phi) is 6.36. The van der Waals surface area contributed by atoms with Crippen LogP contribution in [0.4, 0.5) is 0 Å². The van der Waals surface area contributed by atoms with Crippen LogP contribution < -0.4 is 10.1 Å². The third-order valence-electron chi connectivity index (χ3n) is 4.44. The molecular weight excluding hydrogens is 406 g/mol. The highest BCUT2D eigenvalue weighted by molar-refractivity contribution is 7.80. The zero-order valence-corrected chi connectivity index (χ0v) is 16.2. The van der Waals surface area contributed by atoms with E-state index in [2.05, 4.69) is 9.50 Å². The quantitative estimate of drug-likeness (QED) is 0.466. The van der Waals surface area contributed by atoms with Gasteiger partial charge in [-0.3, -0.25) is 9.35 Å². The molecule has 158 valence electrons. The van der Waals surface area contributed by atoms with Crippen molar-refractivity contribution in [1.29, 1.82) is 0 Å². The van der Waals surface area contributed by atoms with E-state index in [1.54, 1.807) is 12.1 Å². The molecule has 0 unspecified atom stereocenters. The number of hydrogen-bond donors (Lipinski definition) is 4. The van der Waals surface area contributed by atoms with Crippen molar-refractivity contribution in [3.05, 3.63) is 42.5 Å². The van der Waals surface area contributed by atoms with Crippen molar-refractivity contribution < 1.29 is 41.6 Å². The number of nitrogens with one attached hydrogen (secondary N) is 1. The fraction of sp³-hybridized carbons (Fsp3) is 0.389. The molecule has 10 nitrogen and oxygen atoms in total. The number of aliphatic hydroxyl groups excluding tert-OH is 2. The van der Waals surface area contributed by atoms with Gasteiger partial charge in [-0.1, -0.05) is 36.4 Å². The molecule has 2 aromatic carbocycles. The van der Waals surface area contributed by atoms with Crippen molar-refractivity contribution in [2.24, 2.45) is 0 Å². The van der Waals surface area contributed by atoms with E-state index in [9.17, 15) is 23.4 Å². The number of fused-ring (bicyclic) bond motifs is 1. The molecule has 1 amide bonds. The van der Waals surface area contributed by atoms with Crippen LogP contribution >= 0.6 is 0 Å². The standard InChI is InChI=1S/C18H21NO9S/c1-10(20)19-15-17(22)16(21)14(9-26-29(23,24)25)28-18(15)27-13-8-4-6-11-5-2-3-7-12(11)13/h2-8,14-18,21-22H,9H2,1H3,(H,19,20)(H,23,24,25)/t14-,15-,16-,17-,18-/m1/s1. The molecule has 1 aliphatic heterocycles. The average molecular weight is 427 g/mol. The smallest absolute Gasteiger partial charge is 0.397 e. The minimum absolute atomic E-state index is 0.390. The second kappa shape index (κ2) is 8.61. The second-order valence-corrected chi connectivity index (χ2v) is 7.65. The first-order valence-electron chi connectivity index (χ1n) is 8.70. The lowest BCUT2D eigenvalue weighted by atomic mass is 9.97. The maximum Gasteiger partial charge on any atom is 0.397 e. The van der Waals surface area contributed by atoms with Gasteiger partial charge in [0.15, 0.2) is 0 Å². The number of hydrogen-bond acceptors (Lipinski definition) is 8. The monoisotopic (exact) mass is 427 g/mol. The molecule has 0 radical (unpaired) electrons. The van der Waals surface area contributed by atoms with Crippen LogP contribution in [0.25, 0.3) is 10.8 Å². The summed E-state index contributed by atoms with van der Waals surface area (Å²) in [6.07, 6.45) is -5.79. The van der Waals surface area contributed by atoms with E-state index in [1.807, 2.05) is 30.3 Å². The lowest BCUT2D eigenvalue weighted by Gasteiger charge is -2.42. The van der Waals surface area contributed by atoms with E-state index in [-0.39, 0.29) is 0 Å². The Morgan fingerprint density at radius 1 is 1.14 bits per heavy atom. The highest BCUT2D eigenvalue weighted by Crippen LogP contribution is 2.30. The largest absolute Gasteiger partial charge is 0.462 e. The normalized spacial score (nSPS) is 27.5. The summed E-state index contributed by atoms with van der Waals surface area (Å²) in [5, 5.41) is 24.8. The fourth-order valence-electron chi connectivity index (χ4n) is 3.13. The van der Waals surface area contributed by atoms with Gasteiger partial charge in [0.1, 0.15) is 30.1 Å². The van der Waals surface area contributed by atoms with Crippen molar-refractivity contribution in [2.45, 2.75) is 37.6 Å². The molecule has 0 spiro atoms. The number of amides is 1. The number of carbonyl (C=O) groups is 1. The van der Waals surface area contributed by atoms with E-state index >= 15 is 0 Å². The van der Waals surface area contributed by atoms with Gasteiger partial charge in [-0.05, 0) is 11.5 Å². The Morgan fingerprint density at radius 3 is 2.52 bits per heavy atom. The second-order valence-electron chi connectivity index (χ2n) is 6.56. The first kappa shape index (κ1) is 21.4. The van der Waals surface area contributed by atoms with E-state index in [0.717, 1.165) is 10.8 Å². The van der Waals surface area contributed by atoms with Crippen LogP contribution in [0.15, 0.2) is 42.5 Å².